The predicted octanol–water partition coefficient (Wildman–Crippen LogP) is 3.06. The summed E-state index contributed by atoms with van der Waals surface area (Å²) in [4.78, 5) is 4.08. The standard InChI is InChI=1S/C13H13ClN2O2/c1-18-13-11(6-3-7-15-13)16-8-9-4-2-5-10(14)12(9)17/h2-7,16-17H,8H2,1H3. The Morgan fingerprint density at radius 3 is 2.94 bits per heavy atom. The highest BCUT2D eigenvalue weighted by molar-refractivity contribution is 6.32. The van der Waals surface area contributed by atoms with Gasteiger partial charge in [0, 0.05) is 18.3 Å². The van der Waals surface area contributed by atoms with Crippen LogP contribution in [0, 0.1) is 0 Å². The molecule has 0 unspecified atom stereocenters. The largest absolute Gasteiger partial charge is 0.506 e. The number of nitrogens with one attached hydrogen (secondary N) is 1. The molecule has 18 heavy (non-hydrogen) atoms. The van der Waals surface area contributed by atoms with E-state index in [1.54, 1.807) is 31.5 Å². The summed E-state index contributed by atoms with van der Waals surface area (Å²) in [6.45, 7) is 0.439. The van der Waals surface area contributed by atoms with E-state index in [-0.39, 0.29) is 5.75 Å². The van der Waals surface area contributed by atoms with Crippen molar-refractivity contribution in [2.24, 2.45) is 0 Å². The molecular formula is C13H13ClN2O2. The molecule has 0 atom stereocenters. The Balaban J connectivity index is 2.14. The maximum Gasteiger partial charge on any atom is 0.237 e. The molecule has 2 N–H and O–H groups in total. The van der Waals surface area contributed by atoms with Crippen molar-refractivity contribution in [1.82, 2.24) is 4.98 Å². The Morgan fingerprint density at radius 1 is 1.33 bits per heavy atom. The number of para-hydroxylation sites is 1. The predicted molar refractivity (Wildman–Crippen MR) is 71.2 cm³/mol. The molecule has 0 aliphatic rings. The first kappa shape index (κ1) is 12.5. The molecular weight excluding hydrogens is 252 g/mol. The van der Waals surface area contributed by atoms with Crippen molar-refractivity contribution in [3.8, 4) is 11.6 Å². The zero-order valence-corrected chi connectivity index (χ0v) is 10.6. The minimum absolute atomic E-state index is 0.0922. The Bertz CT molecular complexity index is 546. The van der Waals surface area contributed by atoms with Crippen LogP contribution in [0.1, 0.15) is 5.56 Å². The van der Waals surface area contributed by atoms with Gasteiger partial charge in [-0.1, -0.05) is 23.7 Å². The summed E-state index contributed by atoms with van der Waals surface area (Å²) in [5, 5.41) is 13.3. The maximum atomic E-state index is 9.78. The Kier molecular flexibility index (Phi) is 3.89. The normalized spacial score (nSPS) is 10.1. The zero-order chi connectivity index (χ0) is 13.0. The van der Waals surface area contributed by atoms with E-state index in [9.17, 15) is 5.11 Å². The van der Waals surface area contributed by atoms with Crippen molar-refractivity contribution in [1.29, 1.82) is 0 Å². The Morgan fingerprint density at radius 2 is 2.17 bits per heavy atom. The number of aromatic hydroxyl groups is 1. The summed E-state index contributed by atoms with van der Waals surface area (Å²) in [6.07, 6.45) is 1.65. The topological polar surface area (TPSA) is 54.4 Å². The van der Waals surface area contributed by atoms with Gasteiger partial charge in [-0.3, -0.25) is 0 Å². The van der Waals surface area contributed by atoms with Gasteiger partial charge in [0.2, 0.25) is 5.88 Å². The molecule has 1 aromatic carbocycles. The van der Waals surface area contributed by atoms with Crippen molar-refractivity contribution in [3.63, 3.8) is 0 Å². The number of methoxy groups -OCH3 is 1. The molecule has 5 heteroatoms. The highest BCUT2D eigenvalue weighted by Gasteiger charge is 2.07. The third kappa shape index (κ3) is 2.65. The van der Waals surface area contributed by atoms with Gasteiger partial charge in [-0.15, -0.1) is 0 Å². The number of pyridine rings is 1. The van der Waals surface area contributed by atoms with Crippen LogP contribution in [0.3, 0.4) is 0 Å². The van der Waals surface area contributed by atoms with E-state index in [0.717, 1.165) is 5.69 Å². The highest BCUT2D eigenvalue weighted by Crippen LogP contribution is 2.28. The Labute approximate surface area is 110 Å². The molecule has 1 aromatic heterocycles. The van der Waals surface area contributed by atoms with Gasteiger partial charge in [0.1, 0.15) is 5.75 Å². The van der Waals surface area contributed by atoms with Gasteiger partial charge < -0.3 is 15.2 Å². The average Bonchev–Trinajstić information content (AvgIpc) is 2.41. The van der Waals surface area contributed by atoms with Crippen LogP contribution in [0.25, 0.3) is 0 Å². The van der Waals surface area contributed by atoms with E-state index in [1.165, 1.54) is 0 Å². The summed E-state index contributed by atoms with van der Waals surface area (Å²) in [7, 11) is 1.56. The molecule has 94 valence electrons. The molecule has 0 aliphatic carbocycles. The van der Waals surface area contributed by atoms with E-state index in [4.69, 9.17) is 16.3 Å². The lowest BCUT2D eigenvalue weighted by Gasteiger charge is -2.11. The fraction of sp³-hybridized carbons (Fsp3) is 0.154. The molecule has 0 aliphatic heterocycles. The first-order valence-corrected chi connectivity index (χ1v) is 5.79. The van der Waals surface area contributed by atoms with E-state index >= 15 is 0 Å². The van der Waals surface area contributed by atoms with Crippen LogP contribution >= 0.6 is 11.6 Å². The smallest absolute Gasteiger partial charge is 0.237 e. The third-order valence-electron chi connectivity index (χ3n) is 2.50. The van der Waals surface area contributed by atoms with Crippen LogP contribution in [0.4, 0.5) is 5.69 Å². The van der Waals surface area contributed by atoms with E-state index in [2.05, 4.69) is 10.3 Å². The van der Waals surface area contributed by atoms with Crippen LogP contribution in [0.15, 0.2) is 36.5 Å². The fourth-order valence-electron chi connectivity index (χ4n) is 1.58. The van der Waals surface area contributed by atoms with E-state index in [0.29, 0.717) is 23.0 Å². The van der Waals surface area contributed by atoms with Crippen LogP contribution in [-0.2, 0) is 6.54 Å². The Hall–Kier alpha value is -1.94. The number of aromatic nitrogens is 1. The number of anilines is 1. The lowest BCUT2D eigenvalue weighted by molar-refractivity contribution is 0.399. The molecule has 1 heterocycles. The van der Waals surface area contributed by atoms with Gasteiger partial charge in [0.15, 0.2) is 0 Å². The van der Waals surface area contributed by atoms with Crippen molar-refractivity contribution in [2.45, 2.75) is 6.54 Å². The molecule has 0 bridgehead atoms. The van der Waals surface area contributed by atoms with Crippen molar-refractivity contribution in [3.05, 3.63) is 47.1 Å². The number of halogens is 1. The second-order valence-electron chi connectivity index (χ2n) is 3.66. The first-order chi connectivity index (χ1) is 8.72. The van der Waals surface area contributed by atoms with Crippen molar-refractivity contribution in [2.75, 3.05) is 12.4 Å². The lowest BCUT2D eigenvalue weighted by Crippen LogP contribution is -2.02. The van der Waals surface area contributed by atoms with Crippen LogP contribution in [0.2, 0.25) is 5.02 Å². The minimum atomic E-state index is 0.0922. The maximum absolute atomic E-state index is 9.78. The number of phenolic OH excluding ortho intramolecular Hbond substituents is 1. The van der Waals surface area contributed by atoms with Gasteiger partial charge in [0.25, 0.3) is 0 Å². The van der Waals surface area contributed by atoms with E-state index in [1.807, 2.05) is 12.1 Å². The van der Waals surface area contributed by atoms with Gasteiger partial charge in [0.05, 0.1) is 17.8 Å². The fourth-order valence-corrected chi connectivity index (χ4v) is 1.78. The van der Waals surface area contributed by atoms with Gasteiger partial charge in [-0.05, 0) is 18.2 Å². The molecule has 0 saturated heterocycles. The summed E-state index contributed by atoms with van der Waals surface area (Å²) < 4.78 is 5.13. The molecule has 0 radical (unpaired) electrons. The van der Waals surface area contributed by atoms with Crippen LogP contribution < -0.4 is 10.1 Å². The molecule has 0 amide bonds. The SMILES string of the molecule is COc1ncccc1NCc1cccc(Cl)c1O. The van der Waals surface area contributed by atoms with E-state index < -0.39 is 0 Å². The van der Waals surface area contributed by atoms with Crippen molar-refractivity contribution < 1.29 is 9.84 Å². The quantitative estimate of drug-likeness (QED) is 0.891. The van der Waals surface area contributed by atoms with Gasteiger partial charge in [-0.25, -0.2) is 4.98 Å². The number of ether oxygens (including phenoxy) is 1. The van der Waals surface area contributed by atoms with Gasteiger partial charge >= 0.3 is 0 Å². The van der Waals surface area contributed by atoms with Gasteiger partial charge in [-0.2, -0.15) is 0 Å². The number of hydrogen-bond acceptors (Lipinski definition) is 4. The number of benzene rings is 1. The summed E-state index contributed by atoms with van der Waals surface area (Å²) in [5.41, 5.74) is 1.48. The second kappa shape index (κ2) is 5.60. The first-order valence-electron chi connectivity index (χ1n) is 5.41. The second-order valence-corrected chi connectivity index (χ2v) is 4.07. The number of rotatable bonds is 4. The summed E-state index contributed by atoms with van der Waals surface area (Å²) in [6, 6.07) is 8.90. The molecule has 2 rings (SSSR count). The average molecular weight is 265 g/mol. The summed E-state index contributed by atoms with van der Waals surface area (Å²) in [5.74, 6) is 0.605. The molecule has 0 spiro atoms. The zero-order valence-electron chi connectivity index (χ0n) is 9.85. The van der Waals surface area contributed by atoms with Crippen molar-refractivity contribution >= 4 is 17.3 Å². The molecule has 0 fully saturated rings. The molecule has 0 saturated carbocycles. The van der Waals surface area contributed by atoms with Crippen LogP contribution in [0.5, 0.6) is 11.6 Å². The number of phenols is 1. The highest BCUT2D eigenvalue weighted by atomic mass is 35.5. The monoisotopic (exact) mass is 264 g/mol. The number of nitrogens with zero attached hydrogens (tertiary/aromatic N) is 1. The minimum Gasteiger partial charge on any atom is -0.506 e. The third-order valence-corrected chi connectivity index (χ3v) is 2.81. The lowest BCUT2D eigenvalue weighted by atomic mass is 10.2. The molecule has 2 aromatic rings. The summed E-state index contributed by atoms with van der Waals surface area (Å²) >= 11 is 5.84. The number of hydrogen-bond donors (Lipinski definition) is 2. The molecule has 4 nitrogen and oxygen atoms in total. The van der Waals surface area contributed by atoms with Crippen LogP contribution in [-0.4, -0.2) is 17.2 Å².